The first-order chi connectivity index (χ1) is 9.27. The van der Waals surface area contributed by atoms with E-state index in [0.717, 1.165) is 19.5 Å². The van der Waals surface area contributed by atoms with Crippen molar-refractivity contribution < 1.29 is 0 Å². The first-order valence-electron chi connectivity index (χ1n) is 6.24. The zero-order chi connectivity index (χ0) is 13.5. The smallest absolute Gasteiger partial charge is 0.171 e. The summed E-state index contributed by atoms with van der Waals surface area (Å²) in [6, 6.07) is 10.3. The Kier molecular flexibility index (Phi) is 4.98. The molecule has 1 heterocycles. The maximum absolute atomic E-state index is 5.92. The summed E-state index contributed by atoms with van der Waals surface area (Å²) in [5.41, 5.74) is 1.22. The van der Waals surface area contributed by atoms with Gasteiger partial charge in [-0.3, -0.25) is 0 Å². The Morgan fingerprint density at radius 3 is 2.63 bits per heavy atom. The van der Waals surface area contributed by atoms with Gasteiger partial charge in [0.25, 0.3) is 0 Å². The van der Waals surface area contributed by atoms with Crippen LogP contribution in [0.4, 0.5) is 11.5 Å². The van der Waals surface area contributed by atoms with Crippen molar-refractivity contribution in [2.45, 2.75) is 6.42 Å². The predicted octanol–water partition coefficient (Wildman–Crippen LogP) is 3.07. The lowest BCUT2D eigenvalue weighted by molar-refractivity contribution is 0.813. The fourth-order valence-electron chi connectivity index (χ4n) is 1.77. The van der Waals surface area contributed by atoms with Gasteiger partial charge in [-0.1, -0.05) is 29.8 Å². The number of aromatic nitrogens is 2. The topological polar surface area (TPSA) is 41.0 Å². The van der Waals surface area contributed by atoms with Gasteiger partial charge < -0.3 is 10.2 Å². The molecular formula is C14H17ClN4. The summed E-state index contributed by atoms with van der Waals surface area (Å²) in [7, 11) is 2.09. The van der Waals surface area contributed by atoms with Gasteiger partial charge in [0.2, 0.25) is 0 Å². The number of anilines is 2. The zero-order valence-electron chi connectivity index (χ0n) is 10.9. The number of nitrogens with zero attached hydrogens (tertiary/aromatic N) is 3. The summed E-state index contributed by atoms with van der Waals surface area (Å²) < 4.78 is 0. The van der Waals surface area contributed by atoms with Crippen LogP contribution in [-0.4, -0.2) is 30.1 Å². The molecule has 0 aliphatic carbocycles. The van der Waals surface area contributed by atoms with Gasteiger partial charge >= 0.3 is 0 Å². The molecule has 0 radical (unpaired) electrons. The van der Waals surface area contributed by atoms with E-state index < -0.39 is 0 Å². The first kappa shape index (κ1) is 13.6. The summed E-state index contributed by atoms with van der Waals surface area (Å²) in [5.74, 6) is 0.645. The second-order valence-corrected chi connectivity index (χ2v) is 4.59. The number of nitrogens with one attached hydrogen (secondary N) is 1. The van der Waals surface area contributed by atoms with Crippen molar-refractivity contribution in [2.24, 2.45) is 0 Å². The van der Waals surface area contributed by atoms with Crippen molar-refractivity contribution in [1.29, 1.82) is 0 Å². The Morgan fingerprint density at radius 2 is 1.89 bits per heavy atom. The highest BCUT2D eigenvalue weighted by Gasteiger charge is 2.02. The van der Waals surface area contributed by atoms with E-state index in [9.17, 15) is 0 Å². The van der Waals surface area contributed by atoms with E-state index in [2.05, 4.69) is 39.4 Å². The molecule has 2 aromatic rings. The molecule has 5 heteroatoms. The highest BCUT2D eigenvalue weighted by molar-refractivity contribution is 6.31. The van der Waals surface area contributed by atoms with E-state index in [0.29, 0.717) is 11.0 Å². The van der Waals surface area contributed by atoms with Crippen LogP contribution in [0, 0.1) is 0 Å². The van der Waals surface area contributed by atoms with E-state index in [-0.39, 0.29) is 0 Å². The molecule has 100 valence electrons. The SMILES string of the molecule is CN(CCCNc1nccnc1Cl)c1ccccc1. The minimum atomic E-state index is 0.416. The first-order valence-corrected chi connectivity index (χ1v) is 6.62. The van der Waals surface area contributed by atoms with Gasteiger partial charge in [0.15, 0.2) is 11.0 Å². The Morgan fingerprint density at radius 1 is 1.16 bits per heavy atom. The third-order valence-electron chi connectivity index (χ3n) is 2.81. The van der Waals surface area contributed by atoms with Gasteiger partial charge in [-0.05, 0) is 18.6 Å². The summed E-state index contributed by atoms with van der Waals surface area (Å²) in [4.78, 5) is 10.3. The van der Waals surface area contributed by atoms with Gasteiger partial charge in [0.1, 0.15) is 0 Å². The second-order valence-electron chi connectivity index (χ2n) is 4.23. The molecule has 1 aromatic carbocycles. The Bertz CT molecular complexity index is 504. The lowest BCUT2D eigenvalue weighted by Gasteiger charge is -2.19. The molecule has 0 aliphatic rings. The average molecular weight is 277 g/mol. The van der Waals surface area contributed by atoms with Crippen molar-refractivity contribution in [3.05, 3.63) is 47.9 Å². The van der Waals surface area contributed by atoms with Crippen LogP contribution in [0.25, 0.3) is 0 Å². The summed E-state index contributed by atoms with van der Waals surface area (Å²) in [5, 5.41) is 3.60. The lowest BCUT2D eigenvalue weighted by Crippen LogP contribution is -2.20. The number of hydrogen-bond acceptors (Lipinski definition) is 4. The molecule has 19 heavy (non-hydrogen) atoms. The minimum absolute atomic E-state index is 0.416. The lowest BCUT2D eigenvalue weighted by atomic mass is 10.3. The molecule has 0 saturated carbocycles. The van der Waals surface area contributed by atoms with Crippen molar-refractivity contribution in [2.75, 3.05) is 30.4 Å². The van der Waals surface area contributed by atoms with Crippen molar-refractivity contribution in [3.63, 3.8) is 0 Å². The standard InChI is InChI=1S/C14H17ClN4/c1-19(12-6-3-2-4-7-12)11-5-8-17-14-13(15)16-9-10-18-14/h2-4,6-7,9-10H,5,8,11H2,1H3,(H,17,18). The summed E-state index contributed by atoms with van der Waals surface area (Å²) in [6.45, 7) is 1.78. The zero-order valence-corrected chi connectivity index (χ0v) is 11.6. The van der Waals surface area contributed by atoms with Crippen LogP contribution in [0.1, 0.15) is 6.42 Å². The molecule has 2 rings (SSSR count). The third kappa shape index (κ3) is 4.10. The summed E-state index contributed by atoms with van der Waals surface area (Å²) in [6.07, 6.45) is 4.21. The quantitative estimate of drug-likeness (QED) is 0.824. The molecule has 0 aliphatic heterocycles. The van der Waals surface area contributed by atoms with Gasteiger partial charge in [-0.25, -0.2) is 9.97 Å². The van der Waals surface area contributed by atoms with Crippen LogP contribution in [0.15, 0.2) is 42.7 Å². The number of halogens is 1. The van der Waals surface area contributed by atoms with E-state index >= 15 is 0 Å². The number of rotatable bonds is 6. The van der Waals surface area contributed by atoms with Crippen molar-refractivity contribution >= 4 is 23.1 Å². The van der Waals surface area contributed by atoms with Gasteiger partial charge in [0.05, 0.1) is 0 Å². The second kappa shape index (κ2) is 6.95. The van der Waals surface area contributed by atoms with Crippen molar-refractivity contribution in [1.82, 2.24) is 9.97 Å². The number of hydrogen-bond donors (Lipinski definition) is 1. The molecule has 0 atom stereocenters. The van der Waals surface area contributed by atoms with Gasteiger partial charge in [0, 0.05) is 38.2 Å². The molecule has 0 fully saturated rings. The molecule has 0 amide bonds. The predicted molar refractivity (Wildman–Crippen MR) is 79.9 cm³/mol. The highest BCUT2D eigenvalue weighted by Crippen LogP contribution is 2.14. The minimum Gasteiger partial charge on any atom is -0.375 e. The number of para-hydroxylation sites is 1. The van der Waals surface area contributed by atoms with E-state index in [1.54, 1.807) is 12.4 Å². The van der Waals surface area contributed by atoms with E-state index in [1.807, 2.05) is 18.2 Å². The fraction of sp³-hybridized carbons (Fsp3) is 0.286. The largest absolute Gasteiger partial charge is 0.375 e. The monoisotopic (exact) mass is 276 g/mol. The van der Waals surface area contributed by atoms with Gasteiger partial charge in [-0.15, -0.1) is 0 Å². The third-order valence-corrected chi connectivity index (χ3v) is 3.09. The Labute approximate surface area is 118 Å². The molecular weight excluding hydrogens is 260 g/mol. The van der Waals surface area contributed by atoms with E-state index in [4.69, 9.17) is 11.6 Å². The molecule has 4 nitrogen and oxygen atoms in total. The maximum Gasteiger partial charge on any atom is 0.171 e. The van der Waals surface area contributed by atoms with Crippen LogP contribution in [0.3, 0.4) is 0 Å². The van der Waals surface area contributed by atoms with E-state index in [1.165, 1.54) is 5.69 Å². The average Bonchev–Trinajstić information content (AvgIpc) is 2.46. The fourth-order valence-corrected chi connectivity index (χ4v) is 1.95. The van der Waals surface area contributed by atoms with Gasteiger partial charge in [-0.2, -0.15) is 0 Å². The Hall–Kier alpha value is -1.81. The molecule has 0 bridgehead atoms. The summed E-state index contributed by atoms with van der Waals surface area (Å²) >= 11 is 5.92. The molecule has 0 spiro atoms. The van der Waals surface area contributed by atoms with Crippen LogP contribution < -0.4 is 10.2 Å². The van der Waals surface area contributed by atoms with Crippen LogP contribution >= 0.6 is 11.6 Å². The van der Waals surface area contributed by atoms with Crippen LogP contribution in [0.5, 0.6) is 0 Å². The van der Waals surface area contributed by atoms with Crippen LogP contribution in [-0.2, 0) is 0 Å². The maximum atomic E-state index is 5.92. The molecule has 0 saturated heterocycles. The van der Waals surface area contributed by atoms with Crippen LogP contribution in [0.2, 0.25) is 5.15 Å². The molecule has 1 N–H and O–H groups in total. The Balaban J connectivity index is 1.74. The normalized spacial score (nSPS) is 10.2. The number of benzene rings is 1. The molecule has 0 unspecified atom stereocenters. The molecule has 1 aromatic heterocycles. The highest BCUT2D eigenvalue weighted by atomic mass is 35.5. The van der Waals surface area contributed by atoms with Crippen molar-refractivity contribution in [3.8, 4) is 0 Å².